The fraction of sp³-hybridized carbons (Fsp3) is 0.400. The summed E-state index contributed by atoms with van der Waals surface area (Å²) in [5.74, 6) is -1.50. The number of rotatable bonds is 7. The van der Waals surface area contributed by atoms with Gasteiger partial charge < -0.3 is 23.9 Å². The Hall–Kier alpha value is -3.76. The molecule has 0 saturated heterocycles. The van der Waals surface area contributed by atoms with Gasteiger partial charge in [0.15, 0.2) is 6.04 Å². The summed E-state index contributed by atoms with van der Waals surface area (Å²) < 4.78 is 19.5. The lowest BCUT2D eigenvalue weighted by Gasteiger charge is -2.28. The Morgan fingerprint density at radius 2 is 1.71 bits per heavy atom. The number of carbonyl (C=O) groups excluding carboxylic acids is 4. The number of aromatic amines is 1. The third kappa shape index (κ3) is 5.44. The average molecular weight is 435 g/mol. The van der Waals surface area contributed by atoms with Crippen LogP contribution >= 0.6 is 0 Å². The molecule has 0 bridgehead atoms. The van der Waals surface area contributed by atoms with Crippen molar-refractivity contribution in [2.75, 3.05) is 27.4 Å². The van der Waals surface area contributed by atoms with Gasteiger partial charge in [0.25, 0.3) is 0 Å². The first-order chi connectivity index (χ1) is 14.9. The van der Waals surface area contributed by atoms with Crippen LogP contribution in [0.3, 0.4) is 0 Å². The number of methoxy groups -OCH3 is 2. The van der Waals surface area contributed by atoms with Crippen molar-refractivity contribution in [3.05, 3.63) is 35.5 Å². The summed E-state index contributed by atoms with van der Waals surface area (Å²) in [7, 11) is 2.36. The highest BCUT2D eigenvalue weighted by Gasteiger charge is 2.36. The number of carbonyl (C=O) groups is 4. The third-order valence-corrected chi connectivity index (χ3v) is 4.34. The highest BCUT2D eigenvalue weighted by Crippen LogP contribution is 2.26. The van der Waals surface area contributed by atoms with Gasteiger partial charge in [-0.25, -0.2) is 29.6 Å². The van der Waals surface area contributed by atoms with Crippen LogP contribution in [0.25, 0.3) is 10.9 Å². The van der Waals surface area contributed by atoms with Gasteiger partial charge in [0.2, 0.25) is 0 Å². The number of ether oxygens (including phenoxy) is 4. The smallest absolute Gasteiger partial charge is 0.429 e. The van der Waals surface area contributed by atoms with Crippen molar-refractivity contribution in [3.8, 4) is 0 Å². The Balaban J connectivity index is 2.54. The fourth-order valence-electron chi connectivity index (χ4n) is 3.00. The zero-order chi connectivity index (χ0) is 23.0. The summed E-state index contributed by atoms with van der Waals surface area (Å²) in [5, 5.41) is 1.33. The van der Waals surface area contributed by atoms with Crippen molar-refractivity contribution in [1.29, 1.82) is 0 Å². The molecule has 0 saturated carbocycles. The first-order valence-corrected chi connectivity index (χ1v) is 9.52. The third-order valence-electron chi connectivity index (χ3n) is 4.34. The number of nitrogens with one attached hydrogen (secondary N) is 2. The van der Waals surface area contributed by atoms with E-state index in [1.54, 1.807) is 38.1 Å². The van der Waals surface area contributed by atoms with E-state index in [2.05, 4.69) is 10.4 Å². The van der Waals surface area contributed by atoms with Crippen LogP contribution in [-0.4, -0.2) is 67.6 Å². The summed E-state index contributed by atoms with van der Waals surface area (Å²) in [5.41, 5.74) is 3.35. The summed E-state index contributed by atoms with van der Waals surface area (Å²) >= 11 is 0. The number of fused-ring (bicyclic) bond motifs is 1. The Morgan fingerprint density at radius 3 is 2.32 bits per heavy atom. The van der Waals surface area contributed by atoms with E-state index in [-0.39, 0.29) is 25.3 Å². The molecule has 1 aromatic carbocycles. The molecule has 0 aliphatic heterocycles. The normalized spacial score (nSPS) is 11.4. The van der Waals surface area contributed by atoms with Crippen molar-refractivity contribution in [3.63, 3.8) is 0 Å². The Morgan fingerprint density at radius 1 is 1.03 bits per heavy atom. The van der Waals surface area contributed by atoms with Gasteiger partial charge in [-0.3, -0.25) is 0 Å². The lowest BCUT2D eigenvalue weighted by Crippen LogP contribution is -2.56. The van der Waals surface area contributed by atoms with Gasteiger partial charge in [-0.05, 0) is 25.5 Å². The van der Waals surface area contributed by atoms with Gasteiger partial charge in [0.1, 0.15) is 5.69 Å². The molecule has 11 heteroatoms. The first-order valence-electron chi connectivity index (χ1n) is 9.52. The van der Waals surface area contributed by atoms with Crippen LogP contribution in [0.1, 0.15) is 29.9 Å². The molecule has 1 unspecified atom stereocenters. The Kier molecular flexibility index (Phi) is 8.24. The minimum atomic E-state index is -1.36. The molecule has 168 valence electrons. The van der Waals surface area contributed by atoms with Crippen molar-refractivity contribution in [2.24, 2.45) is 0 Å². The van der Waals surface area contributed by atoms with Crippen LogP contribution in [0.4, 0.5) is 9.59 Å². The van der Waals surface area contributed by atoms with E-state index in [1.807, 2.05) is 0 Å². The zero-order valence-electron chi connectivity index (χ0n) is 17.7. The average Bonchev–Trinajstić information content (AvgIpc) is 3.13. The second-order valence-corrected chi connectivity index (χ2v) is 6.16. The molecule has 0 radical (unpaired) electrons. The number of para-hydroxylation sites is 1. The summed E-state index contributed by atoms with van der Waals surface area (Å²) in [6.07, 6.45) is -2.14. The molecular weight excluding hydrogens is 410 g/mol. The molecule has 31 heavy (non-hydrogen) atoms. The highest BCUT2D eigenvalue weighted by molar-refractivity contribution is 5.99. The second-order valence-electron chi connectivity index (χ2n) is 6.16. The molecule has 0 spiro atoms. The minimum Gasteiger partial charge on any atom is -0.467 e. The maximum atomic E-state index is 12.6. The predicted octanol–water partition coefficient (Wildman–Crippen LogP) is 2.16. The van der Waals surface area contributed by atoms with Crippen molar-refractivity contribution in [1.82, 2.24) is 15.4 Å². The number of hydrogen-bond donors (Lipinski definition) is 2. The number of aromatic nitrogens is 1. The molecule has 2 N–H and O–H groups in total. The van der Waals surface area contributed by atoms with Crippen LogP contribution in [-0.2, 0) is 30.2 Å². The van der Waals surface area contributed by atoms with Gasteiger partial charge in [0, 0.05) is 17.3 Å². The predicted molar refractivity (Wildman–Crippen MR) is 108 cm³/mol. The molecule has 2 aromatic rings. The molecule has 0 aliphatic rings. The SMILES string of the molecule is CCOC(=O)NN(C(=O)OCC)C(Cc1c(C(=O)OC)[nH]c2ccccc12)C(=O)OC. The molecule has 2 rings (SSSR count). The molecule has 0 fully saturated rings. The summed E-state index contributed by atoms with van der Waals surface area (Å²) in [6, 6.07) is 5.66. The fourth-order valence-corrected chi connectivity index (χ4v) is 3.00. The van der Waals surface area contributed by atoms with Crippen molar-refractivity contribution in [2.45, 2.75) is 26.3 Å². The topological polar surface area (TPSA) is 136 Å². The molecule has 1 heterocycles. The monoisotopic (exact) mass is 435 g/mol. The molecule has 1 atom stereocenters. The van der Waals surface area contributed by atoms with Crippen LogP contribution < -0.4 is 5.43 Å². The molecule has 11 nitrogen and oxygen atoms in total. The van der Waals surface area contributed by atoms with Gasteiger partial charge in [-0.2, -0.15) is 0 Å². The molecular formula is C20H25N3O8. The number of amides is 2. The van der Waals surface area contributed by atoms with Gasteiger partial charge >= 0.3 is 24.1 Å². The van der Waals surface area contributed by atoms with Crippen LogP contribution in [0.2, 0.25) is 0 Å². The minimum absolute atomic E-state index is 0.00573. The number of hydrazine groups is 1. The second kappa shape index (κ2) is 10.9. The number of benzene rings is 1. The number of H-pyrrole nitrogens is 1. The van der Waals surface area contributed by atoms with E-state index in [0.717, 1.165) is 7.11 Å². The van der Waals surface area contributed by atoms with Crippen LogP contribution in [0.5, 0.6) is 0 Å². The van der Waals surface area contributed by atoms with E-state index in [1.165, 1.54) is 7.11 Å². The van der Waals surface area contributed by atoms with Crippen LogP contribution in [0, 0.1) is 0 Å². The number of esters is 2. The maximum Gasteiger partial charge on any atom is 0.429 e. The van der Waals surface area contributed by atoms with Gasteiger partial charge in [-0.15, -0.1) is 0 Å². The van der Waals surface area contributed by atoms with E-state index in [4.69, 9.17) is 18.9 Å². The quantitative estimate of drug-likeness (QED) is 0.384. The van der Waals surface area contributed by atoms with E-state index < -0.39 is 30.2 Å². The highest BCUT2D eigenvalue weighted by atomic mass is 16.6. The number of hydrogen-bond acceptors (Lipinski definition) is 8. The number of nitrogens with zero attached hydrogens (tertiary/aromatic N) is 1. The Labute approximate surface area is 178 Å². The van der Waals surface area contributed by atoms with E-state index >= 15 is 0 Å². The van der Waals surface area contributed by atoms with Crippen molar-refractivity contribution < 1.29 is 38.1 Å². The maximum absolute atomic E-state index is 12.6. The standard InChI is InChI=1S/C20H25N3O8/c1-5-30-19(26)22-23(20(27)31-6-2)15(17(24)28-3)11-13-12-9-7-8-10-14(12)21-16(13)18(25)29-4/h7-10,15,21H,5-6,11H2,1-4H3,(H,22,26). The zero-order valence-corrected chi connectivity index (χ0v) is 17.7. The Bertz CT molecular complexity index is 955. The van der Waals surface area contributed by atoms with E-state index in [0.29, 0.717) is 21.5 Å². The first kappa shape index (κ1) is 23.5. The van der Waals surface area contributed by atoms with Crippen molar-refractivity contribution >= 4 is 35.0 Å². The largest absolute Gasteiger partial charge is 0.467 e. The van der Waals surface area contributed by atoms with Gasteiger partial charge in [-0.1, -0.05) is 18.2 Å². The summed E-state index contributed by atoms with van der Waals surface area (Å²) in [4.78, 5) is 52.4. The molecule has 0 aliphatic carbocycles. The lowest BCUT2D eigenvalue weighted by molar-refractivity contribution is -0.147. The van der Waals surface area contributed by atoms with Crippen LogP contribution in [0.15, 0.2) is 24.3 Å². The molecule has 1 aromatic heterocycles. The van der Waals surface area contributed by atoms with Gasteiger partial charge in [0.05, 0.1) is 27.4 Å². The summed E-state index contributed by atoms with van der Waals surface area (Å²) in [6.45, 7) is 3.19. The molecule has 2 amide bonds. The lowest BCUT2D eigenvalue weighted by atomic mass is 10.0. The van der Waals surface area contributed by atoms with E-state index in [9.17, 15) is 19.2 Å².